The molecule has 2 aromatic rings. The van der Waals surface area contributed by atoms with Gasteiger partial charge in [-0.1, -0.05) is 11.6 Å². The molecule has 1 atom stereocenters. The van der Waals surface area contributed by atoms with Crippen molar-refractivity contribution in [1.29, 1.82) is 0 Å². The molecule has 5 nitrogen and oxygen atoms in total. The minimum absolute atomic E-state index is 0.0797. The number of carbonyl (C=O) groups is 1. The third-order valence-electron chi connectivity index (χ3n) is 3.57. The van der Waals surface area contributed by atoms with Crippen LogP contribution in [0.15, 0.2) is 18.5 Å². The van der Waals surface area contributed by atoms with E-state index >= 15 is 0 Å². The number of halogens is 4. The van der Waals surface area contributed by atoms with Gasteiger partial charge in [-0.25, -0.2) is 4.68 Å². The lowest BCUT2D eigenvalue weighted by Crippen LogP contribution is -2.25. The summed E-state index contributed by atoms with van der Waals surface area (Å²) in [5.74, 6) is -0.552. The number of rotatable bonds is 3. The summed E-state index contributed by atoms with van der Waals surface area (Å²) < 4.78 is 41.2. The maximum Gasteiger partial charge on any atom is 0.436 e. The Bertz CT molecular complexity index is 704. The van der Waals surface area contributed by atoms with Gasteiger partial charge in [0.2, 0.25) is 0 Å². The molecule has 2 aromatic heterocycles. The summed E-state index contributed by atoms with van der Waals surface area (Å²) in [5, 5.41) is 6.97. The summed E-state index contributed by atoms with van der Waals surface area (Å²) in [4.78, 5) is 12.3. The van der Waals surface area contributed by atoms with Crippen LogP contribution in [-0.2, 0) is 6.18 Å². The van der Waals surface area contributed by atoms with Gasteiger partial charge in [-0.05, 0) is 25.8 Å². The van der Waals surface area contributed by atoms with Crippen molar-refractivity contribution in [3.63, 3.8) is 0 Å². The van der Waals surface area contributed by atoms with Crippen LogP contribution < -0.4 is 0 Å². The minimum Gasteiger partial charge on any atom is -0.270 e. The van der Waals surface area contributed by atoms with E-state index in [0.29, 0.717) is 0 Å². The average Bonchev–Trinajstić information content (AvgIpc) is 3.00. The van der Waals surface area contributed by atoms with Crippen molar-refractivity contribution in [3.05, 3.63) is 34.9 Å². The third kappa shape index (κ3) is 2.51. The molecule has 0 N–H and O–H groups in total. The van der Waals surface area contributed by atoms with Crippen LogP contribution in [0.5, 0.6) is 0 Å². The van der Waals surface area contributed by atoms with Crippen LogP contribution in [0, 0.1) is 0 Å². The summed E-state index contributed by atoms with van der Waals surface area (Å²) in [7, 11) is 0. The van der Waals surface area contributed by atoms with E-state index in [2.05, 4.69) is 10.2 Å². The van der Waals surface area contributed by atoms with Crippen molar-refractivity contribution in [3.8, 4) is 0 Å². The molecule has 118 valence electrons. The molecular formula is C13H12ClF3N4O. The summed E-state index contributed by atoms with van der Waals surface area (Å²) in [6.07, 6.45) is -0.313. The van der Waals surface area contributed by atoms with E-state index in [9.17, 15) is 18.0 Å². The summed E-state index contributed by atoms with van der Waals surface area (Å²) >= 11 is 5.89. The van der Waals surface area contributed by atoms with Gasteiger partial charge in [-0.2, -0.15) is 23.4 Å². The van der Waals surface area contributed by atoms with E-state index in [0.717, 1.165) is 22.2 Å². The van der Waals surface area contributed by atoms with E-state index in [1.807, 2.05) is 0 Å². The standard InChI is InChI=1S/C13H12ClF3N4O/c1-7(12(22)20-6-2-5-18-20)21-10(8-3-4-8)9(14)11(19-21)13(15,16)17/h2,5-8H,3-4H2,1H3. The Morgan fingerprint density at radius 1 is 1.45 bits per heavy atom. The lowest BCUT2D eigenvalue weighted by atomic mass is 10.2. The fourth-order valence-corrected chi connectivity index (χ4v) is 2.71. The molecule has 0 amide bonds. The smallest absolute Gasteiger partial charge is 0.270 e. The Kier molecular flexibility index (Phi) is 3.51. The van der Waals surface area contributed by atoms with E-state index in [1.165, 1.54) is 19.3 Å². The van der Waals surface area contributed by atoms with Crippen LogP contribution in [0.2, 0.25) is 5.02 Å². The predicted octanol–water partition coefficient (Wildman–Crippen LogP) is 3.53. The summed E-state index contributed by atoms with van der Waals surface area (Å²) in [6, 6.07) is 0.632. The van der Waals surface area contributed by atoms with E-state index in [-0.39, 0.29) is 11.6 Å². The van der Waals surface area contributed by atoms with Gasteiger partial charge in [0.25, 0.3) is 5.91 Å². The molecule has 22 heavy (non-hydrogen) atoms. The van der Waals surface area contributed by atoms with Gasteiger partial charge in [-0.15, -0.1) is 0 Å². The second-order valence-electron chi connectivity index (χ2n) is 5.23. The summed E-state index contributed by atoms with van der Waals surface area (Å²) in [5.41, 5.74) is -0.863. The van der Waals surface area contributed by atoms with E-state index < -0.39 is 28.8 Å². The molecule has 0 spiro atoms. The Balaban J connectivity index is 2.04. The summed E-state index contributed by atoms with van der Waals surface area (Å²) in [6.45, 7) is 1.49. The maximum atomic E-state index is 13.0. The van der Waals surface area contributed by atoms with Crippen molar-refractivity contribution >= 4 is 17.5 Å². The first-order valence-corrected chi connectivity index (χ1v) is 7.07. The fourth-order valence-electron chi connectivity index (χ4n) is 2.32. The van der Waals surface area contributed by atoms with Crippen LogP contribution in [-0.4, -0.2) is 25.5 Å². The van der Waals surface area contributed by atoms with Crippen molar-refractivity contribution in [2.75, 3.05) is 0 Å². The van der Waals surface area contributed by atoms with Gasteiger partial charge in [0.05, 0.1) is 10.7 Å². The van der Waals surface area contributed by atoms with Crippen LogP contribution in [0.3, 0.4) is 0 Å². The van der Waals surface area contributed by atoms with E-state index in [1.54, 1.807) is 6.07 Å². The number of alkyl halides is 3. The zero-order valence-electron chi connectivity index (χ0n) is 11.5. The molecule has 0 saturated heterocycles. The van der Waals surface area contributed by atoms with Crippen LogP contribution in [0.4, 0.5) is 13.2 Å². The molecule has 9 heteroatoms. The third-order valence-corrected chi connectivity index (χ3v) is 3.95. The molecule has 1 aliphatic carbocycles. The number of hydrogen-bond acceptors (Lipinski definition) is 3. The zero-order chi connectivity index (χ0) is 16.1. The zero-order valence-corrected chi connectivity index (χ0v) is 12.3. The molecule has 0 bridgehead atoms. The molecule has 1 unspecified atom stereocenters. The number of aromatic nitrogens is 4. The SMILES string of the molecule is CC(C(=O)n1cccn1)n1nc(C(F)(F)F)c(Cl)c1C1CC1. The lowest BCUT2D eigenvalue weighted by molar-refractivity contribution is -0.141. The van der Waals surface area contributed by atoms with Gasteiger partial charge >= 0.3 is 6.18 Å². The number of carbonyl (C=O) groups excluding carboxylic acids is 1. The van der Waals surface area contributed by atoms with Crippen molar-refractivity contribution in [2.45, 2.75) is 37.9 Å². The first-order valence-electron chi connectivity index (χ1n) is 6.69. The molecule has 0 aromatic carbocycles. The fraction of sp³-hybridized carbons (Fsp3) is 0.462. The van der Waals surface area contributed by atoms with Gasteiger partial charge < -0.3 is 0 Å². The Morgan fingerprint density at radius 2 is 2.14 bits per heavy atom. The topological polar surface area (TPSA) is 52.7 Å². The van der Waals surface area contributed by atoms with Gasteiger partial charge in [0, 0.05) is 18.3 Å². The van der Waals surface area contributed by atoms with Crippen molar-refractivity contribution in [1.82, 2.24) is 19.6 Å². The average molecular weight is 333 g/mol. The molecule has 1 aliphatic rings. The van der Waals surface area contributed by atoms with Crippen molar-refractivity contribution in [2.24, 2.45) is 0 Å². The first kappa shape index (κ1) is 15.1. The Morgan fingerprint density at radius 3 is 2.64 bits per heavy atom. The molecule has 1 saturated carbocycles. The molecule has 1 fully saturated rings. The lowest BCUT2D eigenvalue weighted by Gasteiger charge is -2.14. The van der Waals surface area contributed by atoms with Crippen LogP contribution in [0.25, 0.3) is 0 Å². The predicted molar refractivity (Wildman–Crippen MR) is 71.8 cm³/mol. The molecular weight excluding hydrogens is 321 g/mol. The van der Waals surface area contributed by atoms with Gasteiger partial charge in [0.15, 0.2) is 5.69 Å². The Labute approximate surface area is 128 Å². The molecule has 0 radical (unpaired) electrons. The largest absolute Gasteiger partial charge is 0.436 e. The number of nitrogens with zero attached hydrogens (tertiary/aromatic N) is 4. The molecule has 2 heterocycles. The highest BCUT2D eigenvalue weighted by molar-refractivity contribution is 6.32. The van der Waals surface area contributed by atoms with Crippen molar-refractivity contribution < 1.29 is 18.0 Å². The second kappa shape index (κ2) is 5.12. The minimum atomic E-state index is -4.65. The van der Waals surface area contributed by atoms with E-state index in [4.69, 9.17) is 11.6 Å². The monoisotopic (exact) mass is 332 g/mol. The highest BCUT2D eigenvalue weighted by atomic mass is 35.5. The van der Waals surface area contributed by atoms with Crippen LogP contribution in [0.1, 0.15) is 47.9 Å². The quantitative estimate of drug-likeness (QED) is 0.864. The number of hydrogen-bond donors (Lipinski definition) is 0. The molecule has 3 rings (SSSR count). The normalized spacial score (nSPS) is 16.8. The highest BCUT2D eigenvalue weighted by Crippen LogP contribution is 2.47. The Hall–Kier alpha value is -1.83. The van der Waals surface area contributed by atoms with Gasteiger partial charge in [0.1, 0.15) is 6.04 Å². The highest BCUT2D eigenvalue weighted by Gasteiger charge is 2.43. The first-order chi connectivity index (χ1) is 10.3. The second-order valence-corrected chi connectivity index (χ2v) is 5.61. The maximum absolute atomic E-state index is 13.0. The van der Waals surface area contributed by atoms with Crippen LogP contribution >= 0.6 is 11.6 Å². The molecule has 0 aliphatic heterocycles. The van der Waals surface area contributed by atoms with Gasteiger partial charge in [-0.3, -0.25) is 9.48 Å².